The Hall–Kier alpha value is -1.55. The van der Waals surface area contributed by atoms with Crippen molar-refractivity contribution in [2.75, 3.05) is 20.8 Å². The van der Waals surface area contributed by atoms with E-state index in [4.69, 9.17) is 9.47 Å². The van der Waals surface area contributed by atoms with Crippen LogP contribution in [0.4, 0.5) is 0 Å². The summed E-state index contributed by atoms with van der Waals surface area (Å²) in [6, 6.07) is 8.14. The lowest BCUT2D eigenvalue weighted by Gasteiger charge is -2.29. The number of hydrogen-bond donors (Lipinski definition) is 0. The van der Waals surface area contributed by atoms with Gasteiger partial charge in [0.1, 0.15) is 12.4 Å². The van der Waals surface area contributed by atoms with Gasteiger partial charge in [-0.15, -0.1) is 0 Å². The molecule has 1 aromatic rings. The average molecular weight is 277 g/mol. The predicted molar refractivity (Wildman–Crippen MR) is 77.6 cm³/mol. The summed E-state index contributed by atoms with van der Waals surface area (Å²) in [5.74, 6) is 1.54. The first kappa shape index (κ1) is 14.9. The summed E-state index contributed by atoms with van der Waals surface area (Å²) in [5, 5.41) is 0. The van der Waals surface area contributed by atoms with Crippen LogP contribution in [0.15, 0.2) is 24.3 Å². The first-order valence-electron chi connectivity index (χ1n) is 7.07. The molecule has 1 fully saturated rings. The van der Waals surface area contributed by atoms with Crippen molar-refractivity contribution in [1.82, 2.24) is 4.90 Å². The fourth-order valence-corrected chi connectivity index (χ4v) is 2.43. The Balaban J connectivity index is 2.06. The molecule has 1 aliphatic rings. The highest BCUT2D eigenvalue weighted by atomic mass is 16.5. The van der Waals surface area contributed by atoms with Gasteiger partial charge in [-0.05, 0) is 43.4 Å². The van der Waals surface area contributed by atoms with Crippen LogP contribution in [0, 0.1) is 5.92 Å². The zero-order chi connectivity index (χ0) is 14.5. The summed E-state index contributed by atoms with van der Waals surface area (Å²) in [4.78, 5) is 14.2. The van der Waals surface area contributed by atoms with Gasteiger partial charge in [-0.2, -0.15) is 0 Å². The van der Waals surface area contributed by atoms with Crippen LogP contribution in [-0.2, 0) is 16.1 Å². The Morgan fingerprint density at radius 3 is 2.45 bits per heavy atom. The van der Waals surface area contributed by atoms with E-state index in [2.05, 4.69) is 6.92 Å². The molecule has 1 aromatic carbocycles. The topological polar surface area (TPSA) is 38.8 Å². The van der Waals surface area contributed by atoms with Gasteiger partial charge >= 0.3 is 0 Å². The van der Waals surface area contributed by atoms with Crippen molar-refractivity contribution in [3.8, 4) is 5.75 Å². The number of carbonyl (C=O) groups excluding carboxylic acids is 1. The second-order valence-corrected chi connectivity index (χ2v) is 5.38. The minimum Gasteiger partial charge on any atom is -0.497 e. The summed E-state index contributed by atoms with van der Waals surface area (Å²) >= 11 is 0. The van der Waals surface area contributed by atoms with Gasteiger partial charge < -0.3 is 14.4 Å². The van der Waals surface area contributed by atoms with Crippen molar-refractivity contribution >= 4 is 5.91 Å². The number of nitrogens with zero attached hydrogens (tertiary/aromatic N) is 1. The van der Waals surface area contributed by atoms with E-state index in [9.17, 15) is 4.79 Å². The van der Waals surface area contributed by atoms with Gasteiger partial charge in [0.05, 0.1) is 7.11 Å². The monoisotopic (exact) mass is 277 g/mol. The summed E-state index contributed by atoms with van der Waals surface area (Å²) in [5.41, 5.74) is 1.11. The average Bonchev–Trinajstić information content (AvgIpc) is 3.29. The predicted octanol–water partition coefficient (Wildman–Crippen LogP) is 2.47. The summed E-state index contributed by atoms with van der Waals surface area (Å²) in [7, 11) is 3.21. The fraction of sp³-hybridized carbons (Fsp3) is 0.562. The maximum atomic E-state index is 12.2. The van der Waals surface area contributed by atoms with Crippen molar-refractivity contribution in [1.29, 1.82) is 0 Å². The zero-order valence-electron chi connectivity index (χ0n) is 12.5. The van der Waals surface area contributed by atoms with Crippen LogP contribution in [0.1, 0.15) is 25.3 Å². The molecule has 1 saturated carbocycles. The number of amides is 1. The Morgan fingerprint density at radius 1 is 1.30 bits per heavy atom. The summed E-state index contributed by atoms with van der Waals surface area (Å²) < 4.78 is 10.2. The van der Waals surface area contributed by atoms with Gasteiger partial charge in [-0.25, -0.2) is 0 Å². The number of methoxy groups -OCH3 is 2. The van der Waals surface area contributed by atoms with Crippen LogP contribution < -0.4 is 4.74 Å². The Labute approximate surface area is 120 Å². The van der Waals surface area contributed by atoms with E-state index in [-0.39, 0.29) is 18.6 Å². The van der Waals surface area contributed by atoms with Gasteiger partial charge in [-0.1, -0.05) is 12.1 Å². The minimum absolute atomic E-state index is 0.0581. The molecule has 1 aliphatic carbocycles. The Bertz CT molecular complexity index is 440. The van der Waals surface area contributed by atoms with Crippen LogP contribution in [-0.4, -0.2) is 37.7 Å². The molecular formula is C16H23NO3. The molecule has 1 unspecified atom stereocenters. The van der Waals surface area contributed by atoms with E-state index in [1.165, 1.54) is 12.8 Å². The number of rotatable bonds is 7. The first-order valence-corrected chi connectivity index (χ1v) is 7.07. The quantitative estimate of drug-likeness (QED) is 0.768. The summed E-state index contributed by atoms with van der Waals surface area (Å²) in [6.07, 6.45) is 2.45. The van der Waals surface area contributed by atoms with Crippen LogP contribution in [0.3, 0.4) is 0 Å². The van der Waals surface area contributed by atoms with Crippen molar-refractivity contribution < 1.29 is 14.3 Å². The van der Waals surface area contributed by atoms with Gasteiger partial charge in [0.25, 0.3) is 0 Å². The molecule has 1 amide bonds. The molecule has 2 rings (SSSR count). The third-order valence-electron chi connectivity index (χ3n) is 3.90. The van der Waals surface area contributed by atoms with E-state index in [0.29, 0.717) is 12.5 Å². The van der Waals surface area contributed by atoms with Crippen molar-refractivity contribution in [3.63, 3.8) is 0 Å². The van der Waals surface area contributed by atoms with E-state index in [0.717, 1.165) is 11.3 Å². The van der Waals surface area contributed by atoms with Crippen LogP contribution >= 0.6 is 0 Å². The summed E-state index contributed by atoms with van der Waals surface area (Å²) in [6.45, 7) is 2.91. The van der Waals surface area contributed by atoms with Crippen LogP contribution in [0.25, 0.3) is 0 Å². The SMILES string of the molecule is COCC(=O)N(Cc1ccc(OC)cc1)C(C)C1CC1. The highest BCUT2D eigenvalue weighted by Crippen LogP contribution is 2.35. The number of benzene rings is 1. The smallest absolute Gasteiger partial charge is 0.249 e. The molecule has 4 heteroatoms. The van der Waals surface area contributed by atoms with E-state index in [1.54, 1.807) is 14.2 Å². The zero-order valence-corrected chi connectivity index (χ0v) is 12.5. The van der Waals surface area contributed by atoms with Crippen molar-refractivity contribution in [2.45, 2.75) is 32.4 Å². The van der Waals surface area contributed by atoms with Gasteiger partial charge in [0.2, 0.25) is 5.91 Å². The molecule has 0 aliphatic heterocycles. The highest BCUT2D eigenvalue weighted by molar-refractivity contribution is 5.77. The second kappa shape index (κ2) is 6.75. The van der Waals surface area contributed by atoms with Crippen molar-refractivity contribution in [3.05, 3.63) is 29.8 Å². The Morgan fingerprint density at radius 2 is 1.95 bits per heavy atom. The Kier molecular flexibility index (Phi) is 5.01. The molecule has 0 heterocycles. The standard InChI is InChI=1S/C16H23NO3/c1-12(14-6-7-14)17(16(18)11-19-2)10-13-4-8-15(20-3)9-5-13/h4-5,8-9,12,14H,6-7,10-11H2,1-3H3. The molecule has 0 radical (unpaired) electrons. The molecule has 0 spiro atoms. The molecule has 4 nitrogen and oxygen atoms in total. The maximum Gasteiger partial charge on any atom is 0.249 e. The third kappa shape index (κ3) is 3.73. The van der Waals surface area contributed by atoms with Crippen molar-refractivity contribution in [2.24, 2.45) is 5.92 Å². The maximum absolute atomic E-state index is 12.2. The fourth-order valence-electron chi connectivity index (χ4n) is 2.43. The second-order valence-electron chi connectivity index (χ2n) is 5.38. The molecule has 0 N–H and O–H groups in total. The van der Waals surface area contributed by atoms with E-state index < -0.39 is 0 Å². The van der Waals surface area contributed by atoms with E-state index >= 15 is 0 Å². The molecule has 0 bridgehead atoms. The largest absolute Gasteiger partial charge is 0.497 e. The first-order chi connectivity index (χ1) is 9.65. The van der Waals surface area contributed by atoms with Crippen LogP contribution in [0.2, 0.25) is 0 Å². The molecular weight excluding hydrogens is 254 g/mol. The van der Waals surface area contributed by atoms with Gasteiger partial charge in [-0.3, -0.25) is 4.79 Å². The van der Waals surface area contributed by atoms with Gasteiger partial charge in [0, 0.05) is 19.7 Å². The van der Waals surface area contributed by atoms with Gasteiger partial charge in [0.15, 0.2) is 0 Å². The normalized spacial score (nSPS) is 15.8. The number of ether oxygens (including phenoxy) is 2. The minimum atomic E-state index is 0.0581. The molecule has 1 atom stereocenters. The van der Waals surface area contributed by atoms with Crippen LogP contribution in [0.5, 0.6) is 5.75 Å². The molecule has 110 valence electrons. The lowest BCUT2D eigenvalue weighted by Crippen LogP contribution is -2.41. The number of carbonyl (C=O) groups is 1. The van der Waals surface area contributed by atoms with E-state index in [1.807, 2.05) is 29.2 Å². The lowest BCUT2D eigenvalue weighted by atomic mass is 10.1. The molecule has 0 aromatic heterocycles. The molecule has 20 heavy (non-hydrogen) atoms. The lowest BCUT2D eigenvalue weighted by molar-refractivity contribution is -0.138. The third-order valence-corrected chi connectivity index (χ3v) is 3.90. The number of hydrogen-bond acceptors (Lipinski definition) is 3. The molecule has 0 saturated heterocycles. The highest BCUT2D eigenvalue weighted by Gasteiger charge is 2.34.